The number of hydrogen-bond acceptors (Lipinski definition) is 5. The minimum Gasteiger partial charge on any atom is -0.395 e. The Balaban J connectivity index is 2.06. The third-order valence-electron chi connectivity index (χ3n) is 3.31. The second kappa shape index (κ2) is 8.19. The maximum Gasteiger partial charge on any atom is 0.416 e. The molecule has 26 heavy (non-hydrogen) atoms. The largest absolute Gasteiger partial charge is 0.416 e. The average Bonchev–Trinajstić information content (AvgIpc) is 2.99. The van der Waals surface area contributed by atoms with Crippen molar-refractivity contribution in [2.45, 2.75) is 11.9 Å². The first-order valence-electron chi connectivity index (χ1n) is 7.45. The maximum atomic E-state index is 12.6. The molecule has 0 aliphatic heterocycles. The number of amides is 1. The highest BCUT2D eigenvalue weighted by Gasteiger charge is 2.30. The number of benzene rings is 1. The molecule has 1 aromatic heterocycles. The molecule has 1 amide bonds. The first kappa shape index (κ1) is 20.4. The molecular formula is C16H16F3NO4S2. The van der Waals surface area contributed by atoms with Gasteiger partial charge in [-0.05, 0) is 29.8 Å². The zero-order valence-electron chi connectivity index (χ0n) is 13.4. The normalized spacial score (nSPS) is 12.2. The fourth-order valence-electron chi connectivity index (χ4n) is 2.15. The summed E-state index contributed by atoms with van der Waals surface area (Å²) < 4.78 is 61.8. The molecule has 1 heterocycles. The van der Waals surface area contributed by atoms with Crippen LogP contribution in [-0.2, 0) is 26.6 Å². The summed E-state index contributed by atoms with van der Waals surface area (Å²) in [5.74, 6) is -1.73. The molecule has 0 fully saturated rings. The second-order valence-electron chi connectivity index (χ2n) is 5.45. The molecule has 10 heteroatoms. The fourth-order valence-corrected chi connectivity index (χ4v) is 4.86. The van der Waals surface area contributed by atoms with Crippen LogP contribution in [0, 0.1) is 0 Å². The van der Waals surface area contributed by atoms with Crippen LogP contribution < -0.4 is 5.32 Å². The Hall–Kier alpha value is -1.91. The quantitative estimate of drug-likeness (QED) is 0.739. The highest BCUT2D eigenvalue weighted by atomic mass is 32.2. The fraction of sp³-hybridized carbons (Fsp3) is 0.312. The molecule has 0 saturated heterocycles. The smallest absolute Gasteiger partial charge is 0.395 e. The van der Waals surface area contributed by atoms with Gasteiger partial charge in [0.1, 0.15) is 5.75 Å². The van der Waals surface area contributed by atoms with Gasteiger partial charge in [0.05, 0.1) is 17.9 Å². The van der Waals surface area contributed by atoms with Crippen LogP contribution in [0.4, 0.5) is 13.2 Å². The number of aliphatic hydroxyl groups is 1. The summed E-state index contributed by atoms with van der Waals surface area (Å²) in [6.45, 7) is -0.307. The summed E-state index contributed by atoms with van der Waals surface area (Å²) in [5, 5.41) is 10.9. The van der Waals surface area contributed by atoms with E-state index in [1.54, 1.807) is 12.1 Å². The summed E-state index contributed by atoms with van der Waals surface area (Å²) >= 11 is 1.14. The van der Waals surface area contributed by atoms with Crippen molar-refractivity contribution in [3.05, 3.63) is 46.8 Å². The summed E-state index contributed by atoms with van der Waals surface area (Å²) in [6, 6.07) is 7.79. The summed E-state index contributed by atoms with van der Waals surface area (Å²) in [5.41, 5.74) is -0.207. The van der Waals surface area contributed by atoms with Gasteiger partial charge < -0.3 is 10.4 Å². The topological polar surface area (TPSA) is 83.5 Å². The molecule has 0 saturated carbocycles. The Morgan fingerprint density at radius 3 is 2.35 bits per heavy atom. The van der Waals surface area contributed by atoms with E-state index in [2.05, 4.69) is 5.32 Å². The number of halogens is 3. The van der Waals surface area contributed by atoms with E-state index < -0.39 is 33.2 Å². The predicted octanol–water partition coefficient (Wildman–Crippen LogP) is 2.46. The Kier molecular flexibility index (Phi) is 6.43. The van der Waals surface area contributed by atoms with Crippen LogP contribution in [0.3, 0.4) is 0 Å². The molecule has 0 bridgehead atoms. The Bertz CT molecular complexity index is 858. The highest BCUT2D eigenvalue weighted by Crippen LogP contribution is 2.33. The van der Waals surface area contributed by atoms with Gasteiger partial charge in [-0.1, -0.05) is 12.1 Å². The van der Waals surface area contributed by atoms with Crippen LogP contribution >= 0.6 is 11.3 Å². The van der Waals surface area contributed by atoms with Crippen molar-refractivity contribution in [2.75, 3.05) is 18.9 Å². The molecule has 0 atom stereocenters. The predicted molar refractivity (Wildman–Crippen MR) is 92.3 cm³/mol. The standard InChI is InChI=1S/C16H16F3NO4S2/c17-16(18,19)12-3-1-11(2-4-12)14-6-5-13(25-14)9-26(23,24)10-15(22)20-7-8-21/h1-6,21H,7-10H2,(H,20,22). The molecule has 1 aromatic carbocycles. The number of rotatable bonds is 7. The minimum absolute atomic E-state index is 0.0224. The number of nitrogens with one attached hydrogen (secondary N) is 1. The molecule has 2 rings (SSSR count). The van der Waals surface area contributed by atoms with Crippen LogP contribution in [0.25, 0.3) is 10.4 Å². The summed E-state index contributed by atoms with van der Waals surface area (Å²) in [6.07, 6.45) is -4.41. The van der Waals surface area contributed by atoms with Crippen molar-refractivity contribution in [1.82, 2.24) is 5.32 Å². The third-order valence-corrected chi connectivity index (χ3v) is 6.08. The number of thiophene rings is 1. The first-order valence-corrected chi connectivity index (χ1v) is 10.1. The lowest BCUT2D eigenvalue weighted by molar-refractivity contribution is -0.137. The number of alkyl halides is 3. The van der Waals surface area contributed by atoms with Crippen molar-refractivity contribution in [2.24, 2.45) is 0 Å². The van der Waals surface area contributed by atoms with E-state index in [1.165, 1.54) is 12.1 Å². The molecule has 5 nitrogen and oxygen atoms in total. The van der Waals surface area contributed by atoms with Gasteiger partial charge in [0.25, 0.3) is 0 Å². The molecule has 2 N–H and O–H groups in total. The van der Waals surface area contributed by atoms with Gasteiger partial charge in [-0.2, -0.15) is 13.2 Å². The lowest BCUT2D eigenvalue weighted by Gasteiger charge is -2.06. The number of hydrogen-bond donors (Lipinski definition) is 2. The van der Waals surface area contributed by atoms with Gasteiger partial charge >= 0.3 is 6.18 Å². The summed E-state index contributed by atoms with van der Waals surface area (Å²) in [7, 11) is -3.69. The molecule has 2 aromatic rings. The Labute approximate surface area is 152 Å². The number of aliphatic hydroxyl groups excluding tert-OH is 1. The molecule has 0 unspecified atom stereocenters. The lowest BCUT2D eigenvalue weighted by atomic mass is 10.1. The van der Waals surface area contributed by atoms with E-state index in [9.17, 15) is 26.4 Å². The van der Waals surface area contributed by atoms with Gasteiger partial charge in [-0.3, -0.25) is 4.79 Å². The highest BCUT2D eigenvalue weighted by molar-refractivity contribution is 7.91. The molecule has 0 spiro atoms. The SMILES string of the molecule is O=C(CS(=O)(=O)Cc1ccc(-c2ccc(C(F)(F)F)cc2)s1)NCCO. The zero-order valence-corrected chi connectivity index (χ0v) is 15.0. The van der Waals surface area contributed by atoms with E-state index in [1.807, 2.05) is 0 Å². The van der Waals surface area contributed by atoms with Crippen molar-refractivity contribution >= 4 is 27.1 Å². The van der Waals surface area contributed by atoms with Gasteiger partial charge in [0, 0.05) is 16.3 Å². The number of carbonyl (C=O) groups excluding carboxylic acids is 1. The van der Waals surface area contributed by atoms with Crippen molar-refractivity contribution < 1.29 is 31.5 Å². The van der Waals surface area contributed by atoms with Crippen molar-refractivity contribution in [3.8, 4) is 10.4 Å². The number of sulfone groups is 1. The average molecular weight is 407 g/mol. The van der Waals surface area contributed by atoms with Crippen LogP contribution in [0.15, 0.2) is 36.4 Å². The monoisotopic (exact) mass is 407 g/mol. The first-order chi connectivity index (χ1) is 12.1. The van der Waals surface area contributed by atoms with E-state index in [0.29, 0.717) is 15.3 Å². The van der Waals surface area contributed by atoms with Gasteiger partial charge in [-0.15, -0.1) is 11.3 Å². The minimum atomic E-state index is -4.41. The Morgan fingerprint density at radius 2 is 1.77 bits per heavy atom. The van der Waals surface area contributed by atoms with Crippen molar-refractivity contribution in [1.29, 1.82) is 0 Å². The Morgan fingerprint density at radius 1 is 1.12 bits per heavy atom. The molecular weight excluding hydrogens is 391 g/mol. The third kappa shape index (κ3) is 5.82. The zero-order chi connectivity index (χ0) is 19.4. The molecule has 0 radical (unpaired) electrons. The number of carbonyl (C=O) groups is 1. The van der Waals surface area contributed by atoms with E-state index >= 15 is 0 Å². The van der Waals surface area contributed by atoms with Gasteiger partial charge in [-0.25, -0.2) is 8.42 Å². The second-order valence-corrected chi connectivity index (χ2v) is 8.68. The van der Waals surface area contributed by atoms with Crippen LogP contribution in [0.5, 0.6) is 0 Å². The van der Waals surface area contributed by atoms with Crippen molar-refractivity contribution in [3.63, 3.8) is 0 Å². The molecule has 0 aliphatic carbocycles. The van der Waals surface area contributed by atoms with Crippen LogP contribution in [0.2, 0.25) is 0 Å². The van der Waals surface area contributed by atoms with E-state index in [0.717, 1.165) is 23.5 Å². The van der Waals surface area contributed by atoms with Gasteiger partial charge in [0.2, 0.25) is 5.91 Å². The molecule has 142 valence electrons. The van der Waals surface area contributed by atoms with E-state index in [4.69, 9.17) is 5.11 Å². The van der Waals surface area contributed by atoms with E-state index in [-0.39, 0.29) is 18.9 Å². The summed E-state index contributed by atoms with van der Waals surface area (Å²) in [4.78, 5) is 12.6. The lowest BCUT2D eigenvalue weighted by Crippen LogP contribution is -2.32. The van der Waals surface area contributed by atoms with Gasteiger partial charge in [0.15, 0.2) is 9.84 Å². The van der Waals surface area contributed by atoms with Crippen LogP contribution in [-0.4, -0.2) is 38.3 Å². The molecule has 0 aliphatic rings. The van der Waals surface area contributed by atoms with Crippen LogP contribution in [0.1, 0.15) is 10.4 Å². The maximum absolute atomic E-state index is 12.6.